The van der Waals surface area contributed by atoms with E-state index in [0.717, 1.165) is 91.6 Å². The summed E-state index contributed by atoms with van der Waals surface area (Å²) in [4.78, 5) is 4.70. The van der Waals surface area contributed by atoms with Crippen LogP contribution < -0.4 is 44.2 Å². The van der Waals surface area contributed by atoms with Crippen LogP contribution in [0.25, 0.3) is 0 Å². The normalized spacial score (nSPS) is 11.8. The van der Waals surface area contributed by atoms with Gasteiger partial charge in [0.05, 0.1) is 0 Å². The van der Waals surface area contributed by atoms with Crippen LogP contribution in [0.2, 0.25) is 0 Å². The van der Waals surface area contributed by atoms with Crippen LogP contribution >= 0.6 is 0 Å². The number of nitrogens with zero attached hydrogens (tertiary/aromatic N) is 2. The van der Waals surface area contributed by atoms with E-state index in [-0.39, 0.29) is 0 Å². The van der Waals surface area contributed by atoms with Crippen LogP contribution in [0.3, 0.4) is 0 Å². The maximum atomic E-state index is 5.73. The van der Waals surface area contributed by atoms with Gasteiger partial charge in [0.2, 0.25) is 0 Å². The van der Waals surface area contributed by atoms with Crippen LogP contribution in [0, 0.1) is 0 Å². The smallest absolute Gasteiger partial charge is 0.0108 e. The van der Waals surface area contributed by atoms with E-state index in [9.17, 15) is 0 Å². The molecule has 0 radical (unpaired) electrons. The first-order valence-electron chi connectivity index (χ1n) is 10.9. The van der Waals surface area contributed by atoms with Gasteiger partial charge in [0.25, 0.3) is 0 Å². The first-order valence-corrected chi connectivity index (χ1v) is 10.9. The lowest BCUT2D eigenvalue weighted by molar-refractivity contribution is 0.278. The summed E-state index contributed by atoms with van der Waals surface area (Å²) >= 11 is 0. The summed E-state index contributed by atoms with van der Waals surface area (Å²) < 4.78 is 0. The second-order valence-corrected chi connectivity index (χ2v) is 6.84. The summed E-state index contributed by atoms with van der Waals surface area (Å²) in [5.41, 5.74) is 22.4. The molecule has 0 rings (SSSR count). The van der Waals surface area contributed by atoms with Gasteiger partial charge in [-0.15, -0.1) is 0 Å². The van der Waals surface area contributed by atoms with Crippen LogP contribution in [0.5, 0.6) is 0 Å². The Morgan fingerprint density at radius 3 is 1.00 bits per heavy atom. The molecule has 0 aromatic carbocycles. The summed E-state index contributed by atoms with van der Waals surface area (Å²) in [6.07, 6.45) is 0. The minimum Gasteiger partial charge on any atom is -0.329 e. The van der Waals surface area contributed by atoms with E-state index in [1.807, 2.05) is 0 Å². The van der Waals surface area contributed by atoms with Gasteiger partial charge >= 0.3 is 0 Å². The molecule has 0 fully saturated rings. The van der Waals surface area contributed by atoms with E-state index in [4.69, 9.17) is 22.9 Å². The molecule has 12 N–H and O–H groups in total. The molecule has 0 aromatic heterocycles. The Labute approximate surface area is 172 Å². The number of hydrogen-bond donors (Lipinski definition) is 8. The maximum absolute atomic E-state index is 5.73. The molecule has 0 atom stereocenters. The summed E-state index contributed by atoms with van der Waals surface area (Å²) in [5.74, 6) is 0. The summed E-state index contributed by atoms with van der Waals surface area (Å²) in [7, 11) is 0. The second-order valence-electron chi connectivity index (χ2n) is 6.84. The van der Waals surface area contributed by atoms with E-state index in [1.54, 1.807) is 0 Å². The van der Waals surface area contributed by atoms with Crippen LogP contribution in [0.15, 0.2) is 0 Å². The number of nitrogens with two attached hydrogens (primary N) is 4. The lowest BCUT2D eigenvalue weighted by atomic mass is 10.4. The molecule has 0 aliphatic rings. The van der Waals surface area contributed by atoms with Gasteiger partial charge in [-0.2, -0.15) is 0 Å². The third kappa shape index (κ3) is 18.9. The Bertz CT molecular complexity index is 290. The highest BCUT2D eigenvalue weighted by Crippen LogP contribution is 1.85. The predicted octanol–water partition coefficient (Wildman–Crippen LogP) is -4.22. The first kappa shape index (κ1) is 27.6. The highest BCUT2D eigenvalue weighted by atomic mass is 15.2. The Kier molecular flexibility index (Phi) is 22.6. The highest BCUT2D eigenvalue weighted by Gasteiger charge is 2.03. The number of hydrogen-bond acceptors (Lipinski definition) is 10. The van der Waals surface area contributed by atoms with Crippen molar-refractivity contribution >= 4 is 0 Å². The fourth-order valence-corrected chi connectivity index (χ4v) is 2.89. The molecule has 0 amide bonds. The van der Waals surface area contributed by atoms with Gasteiger partial charge in [-0.1, -0.05) is 0 Å². The fraction of sp³-hybridized carbons (Fsp3) is 1.00. The molecular weight excluding hydrogens is 356 g/mol. The fourth-order valence-electron chi connectivity index (χ4n) is 2.89. The number of rotatable bonds is 23. The minimum atomic E-state index is 0.682. The van der Waals surface area contributed by atoms with Crippen molar-refractivity contribution in [2.75, 3.05) is 118 Å². The Hall–Kier alpha value is -0.400. The quantitative estimate of drug-likeness (QED) is 0.0784. The molecule has 28 heavy (non-hydrogen) atoms. The zero-order chi connectivity index (χ0) is 20.7. The molecule has 10 heteroatoms. The monoisotopic (exact) mass is 404 g/mol. The van der Waals surface area contributed by atoms with Gasteiger partial charge in [0.1, 0.15) is 0 Å². The molecule has 0 aromatic rings. The van der Waals surface area contributed by atoms with Gasteiger partial charge in [0.15, 0.2) is 0 Å². The van der Waals surface area contributed by atoms with Crippen molar-refractivity contribution in [3.05, 3.63) is 0 Å². The lowest BCUT2D eigenvalue weighted by Gasteiger charge is -2.22. The molecule has 0 saturated carbocycles. The Balaban J connectivity index is 3.57. The first-order chi connectivity index (χ1) is 13.8. The van der Waals surface area contributed by atoms with Gasteiger partial charge in [-0.25, -0.2) is 0 Å². The third-order valence-corrected chi connectivity index (χ3v) is 4.43. The van der Waals surface area contributed by atoms with Gasteiger partial charge < -0.3 is 44.2 Å². The molecule has 0 heterocycles. The van der Waals surface area contributed by atoms with Crippen LogP contribution in [-0.2, 0) is 0 Å². The lowest BCUT2D eigenvalue weighted by Crippen LogP contribution is -2.42. The van der Waals surface area contributed by atoms with Gasteiger partial charge in [0, 0.05) is 118 Å². The zero-order valence-electron chi connectivity index (χ0n) is 17.9. The van der Waals surface area contributed by atoms with Gasteiger partial charge in [-0.3, -0.25) is 9.80 Å². The van der Waals surface area contributed by atoms with Crippen LogP contribution in [0.1, 0.15) is 0 Å². The molecule has 0 unspecified atom stereocenters. The van der Waals surface area contributed by atoms with Crippen LogP contribution in [-0.4, -0.2) is 128 Å². The van der Waals surface area contributed by atoms with Crippen molar-refractivity contribution in [1.82, 2.24) is 31.1 Å². The minimum absolute atomic E-state index is 0.682. The molecule has 0 saturated heterocycles. The molecule has 0 aliphatic heterocycles. The average molecular weight is 405 g/mol. The van der Waals surface area contributed by atoms with E-state index in [0.29, 0.717) is 26.2 Å². The third-order valence-electron chi connectivity index (χ3n) is 4.43. The zero-order valence-corrected chi connectivity index (χ0v) is 17.9. The van der Waals surface area contributed by atoms with Crippen molar-refractivity contribution in [1.29, 1.82) is 0 Å². The topological polar surface area (TPSA) is 159 Å². The van der Waals surface area contributed by atoms with Gasteiger partial charge in [-0.05, 0) is 0 Å². The Morgan fingerprint density at radius 2 is 0.679 bits per heavy atom. The maximum Gasteiger partial charge on any atom is 0.0108 e. The molecule has 10 nitrogen and oxygen atoms in total. The summed E-state index contributed by atoms with van der Waals surface area (Å²) in [5, 5.41) is 13.7. The average Bonchev–Trinajstić information content (AvgIpc) is 2.69. The standard InChI is InChI=1S/C18H48N10/c19-1-5-23-6-7-24-11-17-28(15-4-22)18-12-26-9-8-25-10-16-27(13-2-20)14-3-21/h23-26H,1-22H2. The van der Waals surface area contributed by atoms with Crippen molar-refractivity contribution in [2.24, 2.45) is 22.9 Å². The van der Waals surface area contributed by atoms with E-state index in [2.05, 4.69) is 31.1 Å². The summed E-state index contributed by atoms with van der Waals surface area (Å²) in [6.45, 7) is 16.2. The molecule has 170 valence electrons. The van der Waals surface area contributed by atoms with E-state index in [1.165, 1.54) is 0 Å². The van der Waals surface area contributed by atoms with Crippen molar-refractivity contribution in [2.45, 2.75) is 0 Å². The van der Waals surface area contributed by atoms with Crippen molar-refractivity contribution in [3.8, 4) is 0 Å². The summed E-state index contributed by atoms with van der Waals surface area (Å²) in [6, 6.07) is 0. The highest BCUT2D eigenvalue weighted by molar-refractivity contribution is 4.65. The van der Waals surface area contributed by atoms with Crippen molar-refractivity contribution < 1.29 is 0 Å². The Morgan fingerprint density at radius 1 is 0.357 bits per heavy atom. The SMILES string of the molecule is NCCNCCNCCN(CCN)CCNCCNCCN(CCN)CCN. The van der Waals surface area contributed by atoms with Crippen LogP contribution in [0.4, 0.5) is 0 Å². The molecule has 0 aliphatic carbocycles. The van der Waals surface area contributed by atoms with Crippen molar-refractivity contribution in [3.63, 3.8) is 0 Å². The molecular formula is C18H48N10. The largest absolute Gasteiger partial charge is 0.329 e. The predicted molar refractivity (Wildman–Crippen MR) is 121 cm³/mol. The second kappa shape index (κ2) is 22.9. The van der Waals surface area contributed by atoms with E-state index < -0.39 is 0 Å². The molecule has 0 bridgehead atoms. The number of nitrogens with one attached hydrogen (secondary N) is 4. The molecule has 0 spiro atoms. The van der Waals surface area contributed by atoms with E-state index >= 15 is 0 Å².